The molecule has 1 amide bonds. The summed E-state index contributed by atoms with van der Waals surface area (Å²) in [5, 5.41) is 0. The van der Waals surface area contributed by atoms with Crippen molar-refractivity contribution in [1.29, 1.82) is 0 Å². The van der Waals surface area contributed by atoms with Crippen molar-refractivity contribution in [3.8, 4) is 0 Å². The number of rotatable bonds is 10. The Morgan fingerprint density at radius 2 is 1.75 bits per heavy atom. The summed E-state index contributed by atoms with van der Waals surface area (Å²) in [6, 6.07) is 0. The highest BCUT2D eigenvalue weighted by Crippen LogP contribution is 2.33. The molecule has 2 heteroatoms. The van der Waals surface area contributed by atoms with E-state index in [1.54, 1.807) is 12.2 Å². The lowest BCUT2D eigenvalue weighted by molar-refractivity contribution is -0.128. The van der Waals surface area contributed by atoms with Crippen molar-refractivity contribution < 1.29 is 4.79 Å². The van der Waals surface area contributed by atoms with Gasteiger partial charge in [-0.1, -0.05) is 44.8 Å². The van der Waals surface area contributed by atoms with E-state index in [1.165, 1.54) is 19.3 Å². The third-order valence-corrected chi connectivity index (χ3v) is 3.10. The molecular weight excluding hydrogens is 198 g/mol. The molecule has 0 aromatic carbocycles. The first-order valence-electron chi connectivity index (χ1n) is 6.14. The summed E-state index contributed by atoms with van der Waals surface area (Å²) < 4.78 is 0. The van der Waals surface area contributed by atoms with Crippen LogP contribution in [0.5, 0.6) is 0 Å². The molecular formula is C14H25NO. The maximum atomic E-state index is 11.6. The highest BCUT2D eigenvalue weighted by atomic mass is 16.1. The van der Waals surface area contributed by atoms with Gasteiger partial charge in [-0.15, -0.1) is 13.2 Å². The Morgan fingerprint density at radius 1 is 1.19 bits per heavy atom. The second-order valence-electron chi connectivity index (χ2n) is 4.44. The summed E-state index contributed by atoms with van der Waals surface area (Å²) in [6.45, 7) is 9.60. The van der Waals surface area contributed by atoms with Gasteiger partial charge in [0.05, 0.1) is 5.41 Å². The van der Waals surface area contributed by atoms with E-state index in [1.807, 2.05) is 0 Å². The summed E-state index contributed by atoms with van der Waals surface area (Å²) in [6.07, 6.45) is 10.4. The Bertz CT molecular complexity index is 223. The first kappa shape index (κ1) is 14.9. The van der Waals surface area contributed by atoms with Crippen LogP contribution in [0.15, 0.2) is 25.3 Å². The normalized spacial score (nSPS) is 11.1. The summed E-state index contributed by atoms with van der Waals surface area (Å²) >= 11 is 0. The maximum Gasteiger partial charge on any atom is 0.224 e. The van der Waals surface area contributed by atoms with E-state index in [2.05, 4.69) is 20.1 Å². The van der Waals surface area contributed by atoms with E-state index in [9.17, 15) is 4.79 Å². The lowest BCUT2D eigenvalue weighted by Crippen LogP contribution is -2.36. The van der Waals surface area contributed by atoms with E-state index < -0.39 is 5.41 Å². The molecule has 0 fully saturated rings. The van der Waals surface area contributed by atoms with Crippen molar-refractivity contribution in [2.45, 2.75) is 51.9 Å². The molecule has 0 heterocycles. The van der Waals surface area contributed by atoms with Crippen molar-refractivity contribution in [1.82, 2.24) is 0 Å². The second kappa shape index (κ2) is 8.14. The minimum absolute atomic E-state index is 0.219. The van der Waals surface area contributed by atoms with E-state index in [4.69, 9.17) is 5.73 Å². The van der Waals surface area contributed by atoms with Crippen LogP contribution in [0.1, 0.15) is 51.9 Å². The fourth-order valence-corrected chi connectivity index (χ4v) is 2.05. The maximum absolute atomic E-state index is 11.6. The number of nitrogens with two attached hydrogens (primary N) is 1. The molecule has 0 radical (unpaired) electrons. The SMILES string of the molecule is C=CCC(CC=C)(CCCCCC)C(N)=O. The number of carbonyl (C=O) groups is 1. The Labute approximate surface area is 99.6 Å². The average Bonchev–Trinajstić information content (AvgIpc) is 2.24. The standard InChI is InChI=1S/C14H25NO/c1-4-7-8-9-12-14(10-5-2,11-6-3)13(15)16/h5-6H,2-4,7-12H2,1H3,(H2,15,16). The predicted molar refractivity (Wildman–Crippen MR) is 70.0 cm³/mol. The summed E-state index contributed by atoms with van der Waals surface area (Å²) in [7, 11) is 0. The van der Waals surface area contributed by atoms with E-state index in [0.29, 0.717) is 12.8 Å². The third kappa shape index (κ3) is 4.65. The topological polar surface area (TPSA) is 43.1 Å². The van der Waals surface area contributed by atoms with Gasteiger partial charge in [-0.2, -0.15) is 0 Å². The fraction of sp³-hybridized carbons (Fsp3) is 0.643. The highest BCUT2D eigenvalue weighted by molar-refractivity contribution is 5.81. The number of primary amides is 1. The van der Waals surface area contributed by atoms with Gasteiger partial charge in [0, 0.05) is 0 Å². The zero-order valence-electron chi connectivity index (χ0n) is 10.5. The average molecular weight is 223 g/mol. The molecule has 0 aliphatic carbocycles. The van der Waals surface area contributed by atoms with Crippen LogP contribution < -0.4 is 5.73 Å². The predicted octanol–water partition coefficient (Wildman–Crippen LogP) is 3.58. The Morgan fingerprint density at radius 3 is 2.12 bits per heavy atom. The molecule has 0 aliphatic rings. The summed E-state index contributed by atoms with van der Waals surface area (Å²) in [5.41, 5.74) is 5.08. The van der Waals surface area contributed by atoms with Crippen molar-refractivity contribution in [2.75, 3.05) is 0 Å². The quantitative estimate of drug-likeness (QED) is 0.446. The minimum atomic E-state index is -0.447. The molecule has 2 N–H and O–H groups in total. The molecule has 0 unspecified atom stereocenters. The van der Waals surface area contributed by atoms with Gasteiger partial charge in [-0.05, 0) is 19.3 Å². The largest absolute Gasteiger partial charge is 0.369 e. The van der Waals surface area contributed by atoms with Crippen LogP contribution in [-0.2, 0) is 4.79 Å². The van der Waals surface area contributed by atoms with Gasteiger partial charge in [0.1, 0.15) is 0 Å². The van der Waals surface area contributed by atoms with Crippen LogP contribution in [0.3, 0.4) is 0 Å². The number of hydrogen-bond donors (Lipinski definition) is 1. The molecule has 0 rings (SSSR count). The van der Waals surface area contributed by atoms with Gasteiger partial charge < -0.3 is 5.73 Å². The van der Waals surface area contributed by atoms with E-state index >= 15 is 0 Å². The van der Waals surface area contributed by atoms with Crippen LogP contribution in [0.2, 0.25) is 0 Å². The van der Waals surface area contributed by atoms with Crippen LogP contribution in [0.4, 0.5) is 0 Å². The molecule has 0 aromatic heterocycles. The number of hydrogen-bond acceptors (Lipinski definition) is 1. The van der Waals surface area contributed by atoms with Crippen LogP contribution in [-0.4, -0.2) is 5.91 Å². The Kier molecular flexibility index (Phi) is 7.61. The first-order valence-corrected chi connectivity index (χ1v) is 6.14. The zero-order chi connectivity index (χ0) is 12.4. The smallest absolute Gasteiger partial charge is 0.224 e. The number of allylic oxidation sites excluding steroid dienone is 2. The lowest BCUT2D eigenvalue weighted by atomic mass is 9.76. The van der Waals surface area contributed by atoms with Crippen molar-refractivity contribution >= 4 is 5.91 Å². The molecule has 0 spiro atoms. The van der Waals surface area contributed by atoms with Crippen molar-refractivity contribution in [3.05, 3.63) is 25.3 Å². The third-order valence-electron chi connectivity index (χ3n) is 3.10. The van der Waals surface area contributed by atoms with Gasteiger partial charge in [0.15, 0.2) is 0 Å². The van der Waals surface area contributed by atoms with Gasteiger partial charge in [-0.3, -0.25) is 4.79 Å². The molecule has 2 nitrogen and oxygen atoms in total. The zero-order valence-corrected chi connectivity index (χ0v) is 10.5. The van der Waals surface area contributed by atoms with Crippen molar-refractivity contribution in [3.63, 3.8) is 0 Å². The first-order chi connectivity index (χ1) is 7.63. The summed E-state index contributed by atoms with van der Waals surface area (Å²) in [4.78, 5) is 11.6. The van der Waals surface area contributed by atoms with Gasteiger partial charge in [0.25, 0.3) is 0 Å². The Hall–Kier alpha value is -1.05. The van der Waals surface area contributed by atoms with E-state index in [0.717, 1.165) is 12.8 Å². The molecule has 92 valence electrons. The van der Waals surface area contributed by atoms with E-state index in [-0.39, 0.29) is 5.91 Å². The molecule has 0 saturated heterocycles. The van der Waals surface area contributed by atoms with Crippen molar-refractivity contribution in [2.24, 2.45) is 11.1 Å². The van der Waals surface area contributed by atoms with Crippen LogP contribution in [0.25, 0.3) is 0 Å². The molecule has 0 aliphatic heterocycles. The molecule has 0 atom stereocenters. The molecule has 0 bridgehead atoms. The minimum Gasteiger partial charge on any atom is -0.369 e. The molecule has 0 saturated carbocycles. The van der Waals surface area contributed by atoms with Gasteiger partial charge >= 0.3 is 0 Å². The number of unbranched alkanes of at least 4 members (excludes halogenated alkanes) is 3. The highest BCUT2D eigenvalue weighted by Gasteiger charge is 2.33. The van der Waals surface area contributed by atoms with Crippen LogP contribution >= 0.6 is 0 Å². The lowest BCUT2D eigenvalue weighted by Gasteiger charge is -2.28. The second-order valence-corrected chi connectivity index (χ2v) is 4.44. The van der Waals surface area contributed by atoms with Gasteiger partial charge in [-0.25, -0.2) is 0 Å². The summed E-state index contributed by atoms with van der Waals surface area (Å²) in [5.74, 6) is -0.219. The number of amides is 1. The number of carbonyl (C=O) groups excluding carboxylic acids is 1. The molecule has 16 heavy (non-hydrogen) atoms. The molecule has 0 aromatic rings. The fourth-order valence-electron chi connectivity index (χ4n) is 2.05. The van der Waals surface area contributed by atoms with Gasteiger partial charge in [0.2, 0.25) is 5.91 Å². The van der Waals surface area contributed by atoms with Crippen LogP contribution in [0, 0.1) is 5.41 Å². The Balaban J connectivity index is 4.42. The monoisotopic (exact) mass is 223 g/mol.